The van der Waals surface area contributed by atoms with Crippen molar-refractivity contribution in [3.8, 4) is 0 Å². The number of rotatable bonds is 2. The average molecular weight is 230 g/mol. The van der Waals surface area contributed by atoms with Gasteiger partial charge in [-0.2, -0.15) is 0 Å². The summed E-state index contributed by atoms with van der Waals surface area (Å²) < 4.78 is 0. The zero-order chi connectivity index (χ0) is 12.0. The summed E-state index contributed by atoms with van der Waals surface area (Å²) in [6, 6.07) is 10.1. The predicted molar refractivity (Wildman–Crippen MR) is 75.6 cm³/mol. The molecule has 0 spiro atoms. The Bertz CT molecular complexity index is 433. The van der Waals surface area contributed by atoms with Gasteiger partial charge in [-0.25, -0.2) is 0 Å². The van der Waals surface area contributed by atoms with Crippen molar-refractivity contribution in [1.29, 1.82) is 0 Å². The van der Waals surface area contributed by atoms with Crippen LogP contribution in [0.4, 0.5) is 0 Å². The Morgan fingerprint density at radius 3 is 2.25 bits per heavy atom. The number of hydrogen-bond acceptors (Lipinski definition) is 0. The zero-order valence-corrected chi connectivity index (χ0v) is 12.1. The van der Waals surface area contributed by atoms with Gasteiger partial charge in [0.25, 0.3) is 0 Å². The van der Waals surface area contributed by atoms with E-state index in [-0.39, 0.29) is 5.41 Å². The third-order valence-corrected chi connectivity index (χ3v) is 4.93. The smallest absolute Gasteiger partial charge is 0.0483 e. The van der Waals surface area contributed by atoms with Crippen molar-refractivity contribution in [2.24, 2.45) is 0 Å². The molecule has 1 heteroatoms. The molecule has 0 aliphatic heterocycles. The van der Waals surface area contributed by atoms with Crippen LogP contribution in [0.1, 0.15) is 25.0 Å². The zero-order valence-electron chi connectivity index (χ0n) is 11.1. The molecule has 0 fully saturated rings. The Hall–Kier alpha value is -0.823. The lowest BCUT2D eigenvalue weighted by molar-refractivity contribution is 0.637. The lowest BCUT2D eigenvalue weighted by Crippen LogP contribution is -2.26. The van der Waals surface area contributed by atoms with Gasteiger partial charge >= 0.3 is 0 Å². The van der Waals surface area contributed by atoms with Crippen molar-refractivity contribution in [3.05, 3.63) is 41.0 Å². The predicted octanol–water partition coefficient (Wildman–Crippen LogP) is 4.70. The monoisotopic (exact) mass is 230 g/mol. The fourth-order valence-electron chi connectivity index (χ4n) is 2.58. The van der Waals surface area contributed by atoms with Crippen molar-refractivity contribution in [1.82, 2.24) is 0 Å². The SMILES string of the molecule is CC1(C)C(C[Si](C)(C)C)=Cc2ccccc21. The molecule has 0 N–H and O–H groups in total. The molecule has 0 radical (unpaired) electrons. The number of fused-ring (bicyclic) bond motifs is 1. The van der Waals surface area contributed by atoms with Crippen LogP contribution >= 0.6 is 0 Å². The minimum Gasteiger partial charge on any atom is -0.0693 e. The molecule has 2 rings (SSSR count). The van der Waals surface area contributed by atoms with Crippen LogP contribution in [-0.4, -0.2) is 8.07 Å². The highest BCUT2D eigenvalue weighted by molar-refractivity contribution is 6.76. The highest BCUT2D eigenvalue weighted by atomic mass is 28.3. The average Bonchev–Trinajstić information content (AvgIpc) is 2.37. The largest absolute Gasteiger partial charge is 0.0693 e. The summed E-state index contributed by atoms with van der Waals surface area (Å²) in [6.07, 6.45) is 2.42. The quantitative estimate of drug-likeness (QED) is 0.646. The third kappa shape index (κ3) is 2.01. The number of allylic oxidation sites excluding steroid dienone is 1. The Balaban J connectivity index is 2.39. The maximum Gasteiger partial charge on any atom is 0.0483 e. The van der Waals surface area contributed by atoms with Gasteiger partial charge in [-0.3, -0.25) is 0 Å². The fraction of sp³-hybridized carbons (Fsp3) is 0.467. The maximum atomic E-state index is 2.45. The van der Waals surface area contributed by atoms with Crippen molar-refractivity contribution in [3.63, 3.8) is 0 Å². The lowest BCUT2D eigenvalue weighted by atomic mass is 9.82. The maximum absolute atomic E-state index is 2.45. The summed E-state index contributed by atoms with van der Waals surface area (Å²) in [4.78, 5) is 0. The van der Waals surface area contributed by atoms with E-state index < -0.39 is 8.07 Å². The summed E-state index contributed by atoms with van der Waals surface area (Å²) >= 11 is 0. The number of benzene rings is 1. The van der Waals surface area contributed by atoms with Gasteiger partial charge in [0, 0.05) is 13.5 Å². The Morgan fingerprint density at radius 1 is 1.06 bits per heavy atom. The molecule has 1 aromatic rings. The van der Waals surface area contributed by atoms with Gasteiger partial charge in [-0.15, -0.1) is 0 Å². The van der Waals surface area contributed by atoms with Crippen molar-refractivity contribution >= 4 is 14.1 Å². The molecular weight excluding hydrogens is 208 g/mol. The second-order valence-electron chi connectivity index (χ2n) is 6.62. The van der Waals surface area contributed by atoms with E-state index in [0.717, 1.165) is 0 Å². The molecule has 0 aromatic heterocycles. The van der Waals surface area contributed by atoms with E-state index in [1.807, 2.05) is 0 Å². The van der Waals surface area contributed by atoms with Crippen LogP contribution in [0.25, 0.3) is 6.08 Å². The van der Waals surface area contributed by atoms with E-state index in [9.17, 15) is 0 Å². The molecule has 1 aliphatic rings. The molecule has 0 heterocycles. The molecule has 16 heavy (non-hydrogen) atoms. The van der Waals surface area contributed by atoms with Crippen LogP contribution in [0.2, 0.25) is 25.7 Å². The van der Waals surface area contributed by atoms with E-state index in [1.165, 1.54) is 17.2 Å². The summed E-state index contributed by atoms with van der Waals surface area (Å²) in [5.41, 5.74) is 4.81. The van der Waals surface area contributed by atoms with Crippen LogP contribution < -0.4 is 0 Å². The minimum absolute atomic E-state index is 0.247. The van der Waals surface area contributed by atoms with Crippen molar-refractivity contribution < 1.29 is 0 Å². The molecule has 0 amide bonds. The third-order valence-electron chi connectivity index (χ3n) is 3.49. The molecular formula is C15H22Si. The van der Waals surface area contributed by atoms with Gasteiger partial charge in [0.2, 0.25) is 0 Å². The minimum atomic E-state index is -1.02. The summed E-state index contributed by atoms with van der Waals surface area (Å²) in [5.74, 6) is 0. The van der Waals surface area contributed by atoms with Gasteiger partial charge in [-0.1, -0.05) is 69.4 Å². The van der Waals surface area contributed by atoms with Gasteiger partial charge in [0.05, 0.1) is 0 Å². The van der Waals surface area contributed by atoms with Gasteiger partial charge in [0.1, 0.15) is 0 Å². The van der Waals surface area contributed by atoms with E-state index in [4.69, 9.17) is 0 Å². The van der Waals surface area contributed by atoms with Crippen LogP contribution in [0, 0.1) is 0 Å². The standard InChI is InChI=1S/C15H22Si/c1-15(2)13(11-16(3,4)5)10-12-8-6-7-9-14(12)15/h6-10H,11H2,1-5H3. The molecule has 86 valence electrons. The number of hydrogen-bond donors (Lipinski definition) is 0. The van der Waals surface area contributed by atoms with Gasteiger partial charge in [0.15, 0.2) is 0 Å². The van der Waals surface area contributed by atoms with Gasteiger partial charge < -0.3 is 0 Å². The first-order valence-corrected chi connectivity index (χ1v) is 9.82. The Kier molecular flexibility index (Phi) is 2.62. The van der Waals surface area contributed by atoms with E-state index in [1.54, 1.807) is 5.57 Å². The summed E-state index contributed by atoms with van der Waals surface area (Å²) in [5, 5.41) is 0. The second-order valence-corrected chi connectivity index (χ2v) is 12.1. The highest BCUT2D eigenvalue weighted by Gasteiger charge is 2.34. The molecule has 0 atom stereocenters. The van der Waals surface area contributed by atoms with E-state index >= 15 is 0 Å². The highest BCUT2D eigenvalue weighted by Crippen LogP contribution is 2.44. The van der Waals surface area contributed by atoms with Crippen LogP contribution in [0.3, 0.4) is 0 Å². The van der Waals surface area contributed by atoms with Crippen molar-refractivity contribution in [2.45, 2.75) is 44.9 Å². The van der Waals surface area contributed by atoms with Crippen LogP contribution in [0.15, 0.2) is 29.8 Å². The molecule has 0 saturated heterocycles. The van der Waals surface area contributed by atoms with Crippen LogP contribution in [-0.2, 0) is 5.41 Å². The van der Waals surface area contributed by atoms with E-state index in [2.05, 4.69) is 63.8 Å². The molecule has 0 bridgehead atoms. The molecule has 0 saturated carbocycles. The van der Waals surface area contributed by atoms with Crippen LogP contribution in [0.5, 0.6) is 0 Å². The molecule has 1 aliphatic carbocycles. The van der Waals surface area contributed by atoms with Crippen molar-refractivity contribution in [2.75, 3.05) is 0 Å². The molecule has 1 aromatic carbocycles. The second kappa shape index (κ2) is 3.59. The first-order chi connectivity index (χ1) is 7.31. The normalized spacial score (nSPS) is 18.2. The molecule has 0 nitrogen and oxygen atoms in total. The van der Waals surface area contributed by atoms with E-state index in [0.29, 0.717) is 0 Å². The first kappa shape index (κ1) is 11.7. The fourth-order valence-corrected chi connectivity index (χ4v) is 4.26. The Morgan fingerprint density at radius 2 is 1.69 bits per heavy atom. The lowest BCUT2D eigenvalue weighted by Gasteiger charge is -2.28. The Labute approximate surface area is 100 Å². The first-order valence-electron chi connectivity index (χ1n) is 6.11. The summed E-state index contributed by atoms with van der Waals surface area (Å²) in [7, 11) is -1.02. The molecule has 0 unspecified atom stereocenters. The summed E-state index contributed by atoms with van der Waals surface area (Å²) in [6.45, 7) is 12.1. The van der Waals surface area contributed by atoms with Gasteiger partial charge in [-0.05, 0) is 17.2 Å². The topological polar surface area (TPSA) is 0 Å².